The molecule has 0 aromatic heterocycles. The van der Waals surface area contributed by atoms with E-state index in [0.717, 1.165) is 6.26 Å². The molecule has 0 bridgehead atoms. The molecule has 2 atom stereocenters. The lowest BCUT2D eigenvalue weighted by atomic mass is 10.0. The van der Waals surface area contributed by atoms with Crippen LogP contribution in [-0.2, 0) is 24.1 Å². The average molecular weight is 428 g/mol. The third-order valence-electron chi connectivity index (χ3n) is 3.21. The van der Waals surface area contributed by atoms with Gasteiger partial charge in [-0.3, -0.25) is 4.79 Å². The molecule has 0 spiro atoms. The smallest absolute Gasteiger partial charge is 0.435 e. The minimum absolute atomic E-state index is 0.0557. The van der Waals surface area contributed by atoms with E-state index < -0.39 is 45.5 Å². The maximum absolute atomic E-state index is 11.7. The molecule has 0 aliphatic rings. The summed E-state index contributed by atoms with van der Waals surface area (Å²) in [7, 11) is -3.42. The maximum atomic E-state index is 11.7. The SMILES string of the molecule is CCOC(=O)OC(c1ccc(S(C)(=O)=O)cc1)C(CO)NC(=O)C(Cl)Cl. The Labute approximate surface area is 161 Å². The highest BCUT2D eigenvalue weighted by Gasteiger charge is 2.30. The molecule has 0 saturated heterocycles. The van der Waals surface area contributed by atoms with Gasteiger partial charge >= 0.3 is 6.16 Å². The molecule has 0 saturated carbocycles. The van der Waals surface area contributed by atoms with E-state index in [1.165, 1.54) is 24.3 Å². The number of alkyl halides is 2. The lowest BCUT2D eigenvalue weighted by Gasteiger charge is -2.26. The molecule has 1 rings (SSSR count). The first-order valence-electron chi connectivity index (χ1n) is 7.43. The number of halogens is 2. The van der Waals surface area contributed by atoms with Gasteiger partial charge in [-0.25, -0.2) is 13.2 Å². The van der Waals surface area contributed by atoms with E-state index in [2.05, 4.69) is 5.32 Å². The molecular formula is C15H19Cl2NO7S. The number of aliphatic hydroxyl groups is 1. The molecule has 11 heteroatoms. The van der Waals surface area contributed by atoms with Gasteiger partial charge in [-0.2, -0.15) is 0 Å². The van der Waals surface area contributed by atoms with Crippen molar-refractivity contribution in [3.05, 3.63) is 29.8 Å². The van der Waals surface area contributed by atoms with E-state index in [1.807, 2.05) is 0 Å². The van der Waals surface area contributed by atoms with Crippen molar-refractivity contribution in [3.8, 4) is 0 Å². The fraction of sp³-hybridized carbons (Fsp3) is 0.467. The number of carbonyl (C=O) groups excluding carboxylic acids is 2. The van der Waals surface area contributed by atoms with Crippen molar-refractivity contribution in [2.24, 2.45) is 0 Å². The predicted octanol–water partition coefficient (Wildman–Crippen LogP) is 1.59. The number of benzene rings is 1. The molecule has 2 N–H and O–H groups in total. The Morgan fingerprint density at radius 1 is 1.23 bits per heavy atom. The van der Waals surface area contributed by atoms with Crippen LogP contribution in [0.15, 0.2) is 29.2 Å². The summed E-state index contributed by atoms with van der Waals surface area (Å²) in [6.45, 7) is 1.03. The van der Waals surface area contributed by atoms with Crippen LogP contribution in [0, 0.1) is 0 Å². The van der Waals surface area contributed by atoms with Gasteiger partial charge in [0.1, 0.15) is 0 Å². The van der Waals surface area contributed by atoms with Gasteiger partial charge in [0, 0.05) is 6.26 Å². The summed E-state index contributed by atoms with van der Waals surface area (Å²) in [6, 6.07) is 4.33. The number of amides is 1. The summed E-state index contributed by atoms with van der Waals surface area (Å²) in [6.07, 6.45) is -1.14. The average Bonchev–Trinajstić information content (AvgIpc) is 2.57. The second-order valence-electron chi connectivity index (χ2n) is 5.16. The summed E-state index contributed by atoms with van der Waals surface area (Å²) in [4.78, 5) is 22.1. The summed E-state index contributed by atoms with van der Waals surface area (Å²) in [5.41, 5.74) is 0.325. The molecule has 1 aromatic carbocycles. The van der Waals surface area contributed by atoms with Gasteiger partial charge in [0.15, 0.2) is 20.8 Å². The maximum Gasteiger partial charge on any atom is 0.508 e. The zero-order valence-electron chi connectivity index (χ0n) is 14.0. The number of sulfone groups is 1. The molecule has 0 heterocycles. The van der Waals surface area contributed by atoms with Crippen molar-refractivity contribution in [1.29, 1.82) is 0 Å². The van der Waals surface area contributed by atoms with E-state index in [0.29, 0.717) is 5.56 Å². The highest BCUT2D eigenvalue weighted by atomic mass is 35.5. The van der Waals surface area contributed by atoms with Gasteiger partial charge in [-0.1, -0.05) is 35.3 Å². The van der Waals surface area contributed by atoms with Gasteiger partial charge in [-0.05, 0) is 24.6 Å². The van der Waals surface area contributed by atoms with Crippen molar-refractivity contribution in [2.45, 2.75) is 28.8 Å². The second kappa shape index (κ2) is 9.96. The topological polar surface area (TPSA) is 119 Å². The molecule has 8 nitrogen and oxygen atoms in total. The number of hydrogen-bond donors (Lipinski definition) is 2. The number of ether oxygens (including phenoxy) is 2. The number of carbonyl (C=O) groups is 2. The highest BCUT2D eigenvalue weighted by Crippen LogP contribution is 2.24. The normalized spacial score (nSPS) is 13.8. The van der Waals surface area contributed by atoms with Crippen LogP contribution in [0.1, 0.15) is 18.6 Å². The van der Waals surface area contributed by atoms with Gasteiger partial charge in [0.05, 0.1) is 24.2 Å². The fourth-order valence-electron chi connectivity index (χ4n) is 2.01. The molecule has 0 aliphatic carbocycles. The van der Waals surface area contributed by atoms with E-state index in [4.69, 9.17) is 32.7 Å². The van der Waals surface area contributed by atoms with Gasteiger partial charge in [-0.15, -0.1) is 0 Å². The first-order chi connectivity index (χ1) is 12.1. The van der Waals surface area contributed by atoms with E-state index in [1.54, 1.807) is 6.92 Å². The Balaban J connectivity index is 3.17. The Morgan fingerprint density at radius 3 is 2.23 bits per heavy atom. The van der Waals surface area contributed by atoms with Crippen molar-refractivity contribution in [1.82, 2.24) is 5.32 Å². The van der Waals surface area contributed by atoms with Crippen molar-refractivity contribution in [3.63, 3.8) is 0 Å². The second-order valence-corrected chi connectivity index (χ2v) is 8.27. The Kier molecular flexibility index (Phi) is 8.61. The van der Waals surface area contributed by atoms with Crippen LogP contribution in [0.4, 0.5) is 4.79 Å². The quantitative estimate of drug-likeness (QED) is 0.477. The zero-order valence-corrected chi connectivity index (χ0v) is 16.3. The zero-order chi connectivity index (χ0) is 19.9. The molecule has 2 unspecified atom stereocenters. The molecule has 26 heavy (non-hydrogen) atoms. The van der Waals surface area contributed by atoms with Crippen LogP contribution in [-0.4, -0.2) is 55.9 Å². The summed E-state index contributed by atoms with van der Waals surface area (Å²) in [5.74, 6) is -0.794. The van der Waals surface area contributed by atoms with Gasteiger partial charge in [0.2, 0.25) is 0 Å². The first kappa shape index (κ1) is 22.5. The molecule has 0 radical (unpaired) electrons. The largest absolute Gasteiger partial charge is 0.508 e. The summed E-state index contributed by atoms with van der Waals surface area (Å²) >= 11 is 11.0. The van der Waals surface area contributed by atoms with Crippen LogP contribution in [0.5, 0.6) is 0 Å². The molecule has 1 aromatic rings. The Bertz CT molecular complexity index is 722. The summed E-state index contributed by atoms with van der Waals surface area (Å²) < 4.78 is 33.0. The van der Waals surface area contributed by atoms with E-state index >= 15 is 0 Å². The van der Waals surface area contributed by atoms with E-state index in [-0.39, 0.29) is 11.5 Å². The van der Waals surface area contributed by atoms with Gasteiger partial charge in [0.25, 0.3) is 5.91 Å². The van der Waals surface area contributed by atoms with Crippen LogP contribution in [0.3, 0.4) is 0 Å². The lowest BCUT2D eigenvalue weighted by Crippen LogP contribution is -2.45. The van der Waals surface area contributed by atoms with Crippen molar-refractivity contribution >= 4 is 45.1 Å². The van der Waals surface area contributed by atoms with Gasteiger partial charge < -0.3 is 19.9 Å². The predicted molar refractivity (Wildman–Crippen MR) is 94.9 cm³/mol. The number of rotatable bonds is 8. The minimum atomic E-state index is -3.42. The molecule has 0 aliphatic heterocycles. The minimum Gasteiger partial charge on any atom is -0.435 e. The monoisotopic (exact) mass is 427 g/mol. The van der Waals surface area contributed by atoms with Crippen LogP contribution in [0.2, 0.25) is 0 Å². The lowest BCUT2D eigenvalue weighted by molar-refractivity contribution is -0.121. The van der Waals surface area contributed by atoms with Crippen LogP contribution >= 0.6 is 23.2 Å². The standard InChI is InChI=1S/C15H19Cl2NO7S/c1-3-24-15(21)25-12(11(8-19)18-14(20)13(16)17)9-4-6-10(7-5-9)26(2,22)23/h4-7,11-13,19H,3,8H2,1-2H3,(H,18,20). The molecule has 0 fully saturated rings. The van der Waals surface area contributed by atoms with Crippen LogP contribution in [0.25, 0.3) is 0 Å². The molecule has 1 amide bonds. The third-order valence-corrected chi connectivity index (χ3v) is 4.74. The molecular weight excluding hydrogens is 409 g/mol. The Hall–Kier alpha value is -1.55. The number of aliphatic hydroxyl groups excluding tert-OH is 1. The fourth-order valence-corrected chi connectivity index (χ4v) is 2.76. The first-order valence-corrected chi connectivity index (χ1v) is 10.2. The number of hydrogen-bond acceptors (Lipinski definition) is 7. The van der Waals surface area contributed by atoms with E-state index in [9.17, 15) is 23.1 Å². The Morgan fingerprint density at radius 2 is 1.81 bits per heavy atom. The summed E-state index contributed by atoms with van der Waals surface area (Å²) in [5, 5.41) is 11.9. The van der Waals surface area contributed by atoms with Crippen molar-refractivity contribution < 1.29 is 32.6 Å². The number of nitrogens with one attached hydrogen (secondary N) is 1. The van der Waals surface area contributed by atoms with Crippen LogP contribution < -0.4 is 5.32 Å². The third kappa shape index (κ3) is 6.64. The highest BCUT2D eigenvalue weighted by molar-refractivity contribution is 7.90. The molecule has 146 valence electrons. The van der Waals surface area contributed by atoms with Crippen molar-refractivity contribution in [2.75, 3.05) is 19.5 Å².